The minimum absolute atomic E-state index is 0.0150. The van der Waals surface area contributed by atoms with E-state index in [-0.39, 0.29) is 30.1 Å². The number of carboxylic acid groups (broad SMARTS) is 1. The molecule has 6 nitrogen and oxygen atoms in total. The average Bonchev–Trinajstić information content (AvgIpc) is 2.36. The van der Waals surface area contributed by atoms with Crippen molar-refractivity contribution in [2.45, 2.75) is 6.92 Å². The van der Waals surface area contributed by atoms with Crippen LogP contribution in [0, 0.1) is 0 Å². The summed E-state index contributed by atoms with van der Waals surface area (Å²) in [7, 11) is 0. The molecule has 0 aliphatic rings. The number of carbonyl (C=O) groups is 3. The molecule has 0 aliphatic heterocycles. The number of aromatic carboxylic acids is 1. The van der Waals surface area contributed by atoms with E-state index in [1.807, 2.05) is 0 Å². The quantitative estimate of drug-likeness (QED) is 0.603. The average molecular weight is 252 g/mol. The summed E-state index contributed by atoms with van der Waals surface area (Å²) in [5, 5.41) is 8.94. The van der Waals surface area contributed by atoms with E-state index in [0.717, 1.165) is 0 Å². The molecule has 0 unspecified atom stereocenters. The molecule has 0 saturated heterocycles. The van der Waals surface area contributed by atoms with Crippen LogP contribution in [0.4, 0.5) is 0 Å². The highest BCUT2D eigenvalue weighted by molar-refractivity contribution is 5.93. The van der Waals surface area contributed by atoms with Crippen LogP contribution in [-0.4, -0.2) is 36.5 Å². The van der Waals surface area contributed by atoms with Gasteiger partial charge in [-0.2, -0.15) is 0 Å². The lowest BCUT2D eigenvalue weighted by Gasteiger charge is -2.08. The van der Waals surface area contributed by atoms with Gasteiger partial charge < -0.3 is 14.6 Å². The fourth-order valence-corrected chi connectivity index (χ4v) is 1.25. The lowest BCUT2D eigenvalue weighted by molar-refractivity contribution is -0.145. The molecule has 0 fully saturated rings. The number of benzene rings is 1. The normalized spacial score (nSPS) is 9.61. The lowest BCUT2D eigenvalue weighted by atomic mass is 10.1. The fraction of sp³-hybridized carbons (Fsp3) is 0.250. The van der Waals surface area contributed by atoms with Crippen molar-refractivity contribution in [3.8, 4) is 5.75 Å². The maximum Gasteiger partial charge on any atom is 0.344 e. The van der Waals surface area contributed by atoms with E-state index in [1.165, 1.54) is 18.2 Å². The van der Waals surface area contributed by atoms with E-state index in [2.05, 4.69) is 4.74 Å². The van der Waals surface area contributed by atoms with E-state index in [0.29, 0.717) is 6.29 Å². The third-order valence-electron chi connectivity index (χ3n) is 2.02. The summed E-state index contributed by atoms with van der Waals surface area (Å²) in [6, 6.07) is 3.90. The molecule has 0 aliphatic carbocycles. The third-order valence-corrected chi connectivity index (χ3v) is 2.02. The number of hydrogen-bond acceptors (Lipinski definition) is 5. The maximum absolute atomic E-state index is 11.1. The van der Waals surface area contributed by atoms with Crippen LogP contribution in [0.2, 0.25) is 0 Å². The Bertz CT molecular complexity index is 466. The van der Waals surface area contributed by atoms with Crippen LogP contribution in [0.25, 0.3) is 0 Å². The predicted octanol–water partition coefficient (Wildman–Crippen LogP) is 1.14. The van der Waals surface area contributed by atoms with Crippen molar-refractivity contribution in [3.05, 3.63) is 29.3 Å². The monoisotopic (exact) mass is 252 g/mol. The predicted molar refractivity (Wildman–Crippen MR) is 60.9 cm³/mol. The van der Waals surface area contributed by atoms with Crippen LogP contribution in [0.5, 0.6) is 5.75 Å². The highest BCUT2D eigenvalue weighted by Crippen LogP contribution is 2.19. The van der Waals surface area contributed by atoms with Gasteiger partial charge in [0.25, 0.3) is 0 Å². The van der Waals surface area contributed by atoms with Gasteiger partial charge in [0.05, 0.1) is 6.61 Å². The Labute approximate surface area is 103 Å². The topological polar surface area (TPSA) is 89.9 Å². The zero-order valence-electron chi connectivity index (χ0n) is 9.71. The van der Waals surface area contributed by atoms with E-state index in [1.54, 1.807) is 6.92 Å². The summed E-state index contributed by atoms with van der Waals surface area (Å²) in [6.45, 7) is 1.49. The number of aldehydes is 1. The van der Waals surface area contributed by atoms with Gasteiger partial charge in [-0.25, -0.2) is 9.59 Å². The Kier molecular flexibility index (Phi) is 4.86. The molecular formula is C12H12O6. The van der Waals surface area contributed by atoms with Gasteiger partial charge in [0.1, 0.15) is 17.6 Å². The van der Waals surface area contributed by atoms with Crippen LogP contribution in [0.15, 0.2) is 18.2 Å². The molecule has 1 rings (SSSR count). The number of rotatable bonds is 6. The Morgan fingerprint density at radius 3 is 2.67 bits per heavy atom. The Hall–Kier alpha value is -2.37. The van der Waals surface area contributed by atoms with Gasteiger partial charge in [0.2, 0.25) is 0 Å². The van der Waals surface area contributed by atoms with E-state index in [9.17, 15) is 14.4 Å². The molecule has 6 heteroatoms. The summed E-state index contributed by atoms with van der Waals surface area (Å²) >= 11 is 0. The first-order valence-electron chi connectivity index (χ1n) is 5.19. The van der Waals surface area contributed by atoms with Crippen LogP contribution < -0.4 is 4.74 Å². The Morgan fingerprint density at radius 2 is 2.11 bits per heavy atom. The fourth-order valence-electron chi connectivity index (χ4n) is 1.25. The van der Waals surface area contributed by atoms with Gasteiger partial charge in [0.15, 0.2) is 6.61 Å². The van der Waals surface area contributed by atoms with Gasteiger partial charge in [-0.05, 0) is 25.1 Å². The molecule has 0 saturated carbocycles. The van der Waals surface area contributed by atoms with Crippen molar-refractivity contribution in [2.24, 2.45) is 0 Å². The van der Waals surface area contributed by atoms with Crippen molar-refractivity contribution in [1.29, 1.82) is 0 Å². The standard InChI is InChI=1S/C12H12O6/c1-2-17-11(14)7-18-10-4-3-8(6-13)5-9(10)12(15)16/h3-6H,2,7H2,1H3,(H,15,16). The second kappa shape index (κ2) is 6.39. The first-order chi connectivity index (χ1) is 8.58. The summed E-state index contributed by atoms with van der Waals surface area (Å²) in [5.41, 5.74) is 0.0415. The molecule has 0 atom stereocenters. The number of carbonyl (C=O) groups excluding carboxylic acids is 2. The van der Waals surface area contributed by atoms with Gasteiger partial charge in [-0.15, -0.1) is 0 Å². The summed E-state index contributed by atoms with van der Waals surface area (Å²) in [6.07, 6.45) is 0.529. The van der Waals surface area contributed by atoms with E-state index in [4.69, 9.17) is 9.84 Å². The molecule has 0 bridgehead atoms. The third kappa shape index (κ3) is 3.58. The molecule has 1 N–H and O–H groups in total. The van der Waals surface area contributed by atoms with Crippen molar-refractivity contribution in [3.63, 3.8) is 0 Å². The minimum Gasteiger partial charge on any atom is -0.481 e. The number of carboxylic acids is 1. The van der Waals surface area contributed by atoms with Gasteiger partial charge >= 0.3 is 11.9 Å². The van der Waals surface area contributed by atoms with Crippen molar-refractivity contribution >= 4 is 18.2 Å². The van der Waals surface area contributed by atoms with Crippen LogP contribution >= 0.6 is 0 Å². The molecule has 0 aromatic heterocycles. The first-order valence-corrected chi connectivity index (χ1v) is 5.19. The van der Waals surface area contributed by atoms with Crippen molar-refractivity contribution in [1.82, 2.24) is 0 Å². The van der Waals surface area contributed by atoms with Gasteiger partial charge in [-0.3, -0.25) is 4.79 Å². The zero-order valence-corrected chi connectivity index (χ0v) is 9.71. The van der Waals surface area contributed by atoms with Crippen LogP contribution in [-0.2, 0) is 9.53 Å². The minimum atomic E-state index is -1.24. The SMILES string of the molecule is CCOC(=O)COc1ccc(C=O)cc1C(=O)O. The van der Waals surface area contributed by atoms with Crippen molar-refractivity contribution < 1.29 is 29.0 Å². The highest BCUT2D eigenvalue weighted by Gasteiger charge is 2.13. The number of esters is 1. The lowest BCUT2D eigenvalue weighted by Crippen LogP contribution is -2.16. The van der Waals surface area contributed by atoms with E-state index >= 15 is 0 Å². The largest absolute Gasteiger partial charge is 0.481 e. The van der Waals surface area contributed by atoms with Crippen molar-refractivity contribution in [2.75, 3.05) is 13.2 Å². The Morgan fingerprint density at radius 1 is 1.39 bits per heavy atom. The molecule has 96 valence electrons. The number of hydrogen-bond donors (Lipinski definition) is 1. The summed E-state index contributed by atoms with van der Waals surface area (Å²) in [5.74, 6) is -1.81. The number of ether oxygens (including phenoxy) is 2. The van der Waals surface area contributed by atoms with Crippen LogP contribution in [0.3, 0.4) is 0 Å². The smallest absolute Gasteiger partial charge is 0.344 e. The highest BCUT2D eigenvalue weighted by atomic mass is 16.6. The van der Waals surface area contributed by atoms with Gasteiger partial charge in [0, 0.05) is 5.56 Å². The molecule has 1 aromatic rings. The summed E-state index contributed by atoms with van der Waals surface area (Å²) in [4.78, 5) is 32.6. The molecule has 18 heavy (non-hydrogen) atoms. The second-order valence-corrected chi connectivity index (χ2v) is 3.27. The molecule has 0 amide bonds. The van der Waals surface area contributed by atoms with Gasteiger partial charge in [-0.1, -0.05) is 0 Å². The first kappa shape index (κ1) is 13.7. The van der Waals surface area contributed by atoms with Crippen LogP contribution in [0.1, 0.15) is 27.6 Å². The molecule has 1 aromatic carbocycles. The zero-order chi connectivity index (χ0) is 13.5. The molecule has 0 radical (unpaired) electrons. The maximum atomic E-state index is 11.1. The molecule has 0 spiro atoms. The second-order valence-electron chi connectivity index (χ2n) is 3.27. The van der Waals surface area contributed by atoms with E-state index < -0.39 is 11.9 Å². The summed E-state index contributed by atoms with van der Waals surface area (Å²) < 4.78 is 9.68. The molecular weight excluding hydrogens is 240 g/mol. The molecule has 0 heterocycles. The Balaban J connectivity index is 2.84.